The maximum atomic E-state index is 13.0. The normalized spacial score (nSPS) is 16.5. The van der Waals surface area contributed by atoms with Gasteiger partial charge in [-0.05, 0) is 55.9 Å². The van der Waals surface area contributed by atoms with Crippen molar-refractivity contribution in [2.24, 2.45) is 0 Å². The third kappa shape index (κ3) is 4.20. The van der Waals surface area contributed by atoms with Crippen molar-refractivity contribution >= 4 is 16.7 Å². The van der Waals surface area contributed by atoms with Crippen LogP contribution in [0.1, 0.15) is 5.56 Å². The first-order chi connectivity index (χ1) is 14.6. The van der Waals surface area contributed by atoms with E-state index in [4.69, 9.17) is 9.47 Å². The van der Waals surface area contributed by atoms with Crippen LogP contribution < -0.4 is 14.2 Å². The molecule has 1 heterocycles. The third-order valence-electron chi connectivity index (χ3n) is 5.41. The number of ether oxygens (including phenoxy) is 2. The second-order valence-electron chi connectivity index (χ2n) is 7.52. The molecule has 0 saturated heterocycles. The van der Waals surface area contributed by atoms with E-state index < -0.39 is 11.0 Å². The van der Waals surface area contributed by atoms with E-state index in [1.807, 2.05) is 68.7 Å². The molecule has 4 rings (SSSR count). The molecule has 0 bridgehead atoms. The van der Waals surface area contributed by atoms with Crippen molar-refractivity contribution in [2.75, 3.05) is 32.5 Å². The molecular formula is C24H26N2O3S. The minimum Gasteiger partial charge on any atom is -0.496 e. The maximum Gasteiger partial charge on any atom is 0.150 e. The van der Waals surface area contributed by atoms with Gasteiger partial charge in [0.25, 0.3) is 0 Å². The Balaban J connectivity index is 1.56. The van der Waals surface area contributed by atoms with Crippen LogP contribution in [0, 0.1) is 0 Å². The minimum atomic E-state index is -1.40. The molecule has 1 N–H and O–H groups in total. The van der Waals surface area contributed by atoms with E-state index in [-0.39, 0.29) is 6.04 Å². The first-order valence-electron chi connectivity index (χ1n) is 9.90. The van der Waals surface area contributed by atoms with Crippen molar-refractivity contribution in [3.05, 3.63) is 72.3 Å². The van der Waals surface area contributed by atoms with Crippen molar-refractivity contribution in [2.45, 2.75) is 17.4 Å². The van der Waals surface area contributed by atoms with Gasteiger partial charge in [-0.3, -0.25) is 4.72 Å². The van der Waals surface area contributed by atoms with Gasteiger partial charge in [0.2, 0.25) is 0 Å². The SMILES string of the molecule is COc1ccc(NS(=O)c2ccc(-c3ccccc3)cc2)c2c1C[C@@H](N(C)C)CO2. The highest BCUT2D eigenvalue weighted by atomic mass is 32.2. The van der Waals surface area contributed by atoms with Crippen LogP contribution in [0.3, 0.4) is 0 Å². The number of rotatable bonds is 6. The summed E-state index contributed by atoms with van der Waals surface area (Å²) in [5, 5.41) is 0. The molecule has 0 radical (unpaired) electrons. The van der Waals surface area contributed by atoms with Crippen molar-refractivity contribution < 1.29 is 13.7 Å². The molecule has 0 aliphatic carbocycles. The highest BCUT2D eigenvalue weighted by Crippen LogP contribution is 2.40. The monoisotopic (exact) mass is 422 g/mol. The molecule has 0 aromatic heterocycles. The summed E-state index contributed by atoms with van der Waals surface area (Å²) in [5.74, 6) is 1.52. The van der Waals surface area contributed by atoms with E-state index in [1.165, 1.54) is 0 Å². The molecular weight excluding hydrogens is 396 g/mol. The summed E-state index contributed by atoms with van der Waals surface area (Å²) in [7, 11) is 4.34. The number of fused-ring (bicyclic) bond motifs is 1. The van der Waals surface area contributed by atoms with E-state index in [9.17, 15) is 4.21 Å². The van der Waals surface area contributed by atoms with Gasteiger partial charge < -0.3 is 14.4 Å². The lowest BCUT2D eigenvalue weighted by Crippen LogP contribution is -2.38. The van der Waals surface area contributed by atoms with E-state index in [0.717, 1.165) is 34.6 Å². The molecule has 0 saturated carbocycles. The smallest absolute Gasteiger partial charge is 0.150 e. The Kier molecular flexibility index (Phi) is 6.06. The number of hydrogen-bond donors (Lipinski definition) is 1. The summed E-state index contributed by atoms with van der Waals surface area (Å²) < 4.78 is 27.7. The van der Waals surface area contributed by atoms with Crippen LogP contribution in [0.25, 0.3) is 11.1 Å². The summed E-state index contributed by atoms with van der Waals surface area (Å²) in [6.45, 7) is 0.584. The summed E-state index contributed by atoms with van der Waals surface area (Å²) in [4.78, 5) is 2.86. The number of benzene rings is 3. The van der Waals surface area contributed by atoms with Crippen molar-refractivity contribution in [3.63, 3.8) is 0 Å². The standard InChI is InChI=1S/C24H26N2O3S/c1-26(2)19-15-21-23(28-3)14-13-22(24(21)29-16-19)25-30(27)20-11-9-18(10-12-20)17-7-5-4-6-8-17/h4-14,19,25H,15-16H2,1-3H3/t19-,30?/m1/s1. The van der Waals surface area contributed by atoms with Crippen LogP contribution in [-0.2, 0) is 17.4 Å². The van der Waals surface area contributed by atoms with Gasteiger partial charge >= 0.3 is 0 Å². The summed E-state index contributed by atoms with van der Waals surface area (Å²) in [6, 6.07) is 22.0. The fourth-order valence-electron chi connectivity index (χ4n) is 3.61. The molecule has 1 unspecified atom stereocenters. The van der Waals surface area contributed by atoms with Crippen LogP contribution in [0.4, 0.5) is 5.69 Å². The Morgan fingerprint density at radius 3 is 2.37 bits per heavy atom. The molecule has 0 spiro atoms. The third-order valence-corrected chi connectivity index (χ3v) is 6.51. The molecule has 1 aliphatic rings. The van der Waals surface area contributed by atoms with Crippen LogP contribution in [0.15, 0.2) is 71.6 Å². The molecule has 3 aromatic carbocycles. The predicted octanol–water partition coefficient (Wildman–Crippen LogP) is 4.36. The van der Waals surface area contributed by atoms with Gasteiger partial charge in [0.15, 0.2) is 0 Å². The van der Waals surface area contributed by atoms with Gasteiger partial charge in [-0.15, -0.1) is 0 Å². The Bertz CT molecular complexity index is 1040. The Hall–Kier alpha value is -2.83. The van der Waals surface area contributed by atoms with Crippen LogP contribution >= 0.6 is 0 Å². The zero-order chi connectivity index (χ0) is 21.1. The van der Waals surface area contributed by atoms with Crippen molar-refractivity contribution in [1.82, 2.24) is 4.90 Å². The van der Waals surface area contributed by atoms with Gasteiger partial charge in [-0.25, -0.2) is 4.21 Å². The summed E-state index contributed by atoms with van der Waals surface area (Å²) >= 11 is 0. The van der Waals surface area contributed by atoms with E-state index in [0.29, 0.717) is 17.2 Å². The number of methoxy groups -OCH3 is 1. The first-order valence-corrected chi connectivity index (χ1v) is 11.0. The van der Waals surface area contributed by atoms with Crippen molar-refractivity contribution in [3.8, 4) is 22.6 Å². The molecule has 1 aliphatic heterocycles. The molecule has 156 valence electrons. The van der Waals surface area contributed by atoms with E-state index in [2.05, 4.69) is 21.8 Å². The number of nitrogens with one attached hydrogen (secondary N) is 1. The number of hydrogen-bond acceptors (Lipinski definition) is 4. The summed E-state index contributed by atoms with van der Waals surface area (Å²) in [6.07, 6.45) is 0.819. The fourth-order valence-corrected chi connectivity index (χ4v) is 4.47. The quantitative estimate of drug-likeness (QED) is 0.641. The summed E-state index contributed by atoms with van der Waals surface area (Å²) in [5.41, 5.74) is 3.95. The number of nitrogens with zero attached hydrogens (tertiary/aromatic N) is 1. The largest absolute Gasteiger partial charge is 0.496 e. The average Bonchev–Trinajstić information content (AvgIpc) is 2.79. The minimum absolute atomic E-state index is 0.276. The van der Waals surface area contributed by atoms with Crippen molar-refractivity contribution in [1.29, 1.82) is 0 Å². The van der Waals surface area contributed by atoms with Gasteiger partial charge in [0, 0.05) is 11.6 Å². The fraction of sp³-hybridized carbons (Fsp3) is 0.250. The van der Waals surface area contributed by atoms with E-state index in [1.54, 1.807) is 7.11 Å². The number of anilines is 1. The molecule has 3 aromatic rings. The van der Waals surface area contributed by atoms with Crippen LogP contribution in [0.2, 0.25) is 0 Å². The zero-order valence-electron chi connectivity index (χ0n) is 17.4. The highest BCUT2D eigenvalue weighted by molar-refractivity contribution is 7.86. The Morgan fingerprint density at radius 2 is 1.70 bits per heavy atom. The topological polar surface area (TPSA) is 50.8 Å². The van der Waals surface area contributed by atoms with Gasteiger partial charge in [-0.2, -0.15) is 0 Å². The average molecular weight is 423 g/mol. The molecule has 0 amide bonds. The molecule has 0 fully saturated rings. The lowest BCUT2D eigenvalue weighted by molar-refractivity contribution is 0.164. The van der Waals surface area contributed by atoms with Gasteiger partial charge in [0.1, 0.15) is 29.1 Å². The first kappa shape index (κ1) is 20.4. The lowest BCUT2D eigenvalue weighted by atomic mass is 10.00. The molecule has 2 atom stereocenters. The maximum absolute atomic E-state index is 13.0. The molecule has 30 heavy (non-hydrogen) atoms. The lowest BCUT2D eigenvalue weighted by Gasteiger charge is -2.32. The van der Waals surface area contributed by atoms with Gasteiger partial charge in [0.05, 0.1) is 17.7 Å². The van der Waals surface area contributed by atoms with Crippen LogP contribution in [-0.4, -0.2) is 43.0 Å². The van der Waals surface area contributed by atoms with Crippen LogP contribution in [0.5, 0.6) is 11.5 Å². The second kappa shape index (κ2) is 8.90. The molecule has 6 heteroatoms. The second-order valence-corrected chi connectivity index (χ2v) is 8.73. The van der Waals surface area contributed by atoms with Gasteiger partial charge in [-0.1, -0.05) is 42.5 Å². The van der Waals surface area contributed by atoms with E-state index >= 15 is 0 Å². The zero-order valence-corrected chi connectivity index (χ0v) is 18.2. The molecule has 5 nitrogen and oxygen atoms in total. The predicted molar refractivity (Wildman–Crippen MR) is 122 cm³/mol. The number of likely N-dealkylation sites (N-methyl/N-ethyl adjacent to an activating group) is 1. The highest BCUT2D eigenvalue weighted by Gasteiger charge is 2.27. The Labute approximate surface area is 180 Å². The Morgan fingerprint density at radius 1 is 1.00 bits per heavy atom.